The van der Waals surface area contributed by atoms with Crippen LogP contribution in [0.25, 0.3) is 0 Å². The fraction of sp³-hybridized carbons (Fsp3) is 0.316. The Morgan fingerprint density at radius 2 is 2.04 bits per heavy atom. The molecule has 7 heteroatoms. The molecule has 0 saturated heterocycles. The van der Waals surface area contributed by atoms with E-state index in [1.165, 1.54) is 0 Å². The molecule has 0 aliphatic heterocycles. The van der Waals surface area contributed by atoms with Gasteiger partial charge < -0.3 is 19.9 Å². The number of benzene rings is 2. The van der Waals surface area contributed by atoms with Gasteiger partial charge in [0.2, 0.25) is 0 Å². The van der Waals surface area contributed by atoms with Gasteiger partial charge in [0.25, 0.3) is 0 Å². The summed E-state index contributed by atoms with van der Waals surface area (Å²) in [4.78, 5) is 10.9. The summed E-state index contributed by atoms with van der Waals surface area (Å²) >= 11 is 9.69. The van der Waals surface area contributed by atoms with Crippen molar-refractivity contribution in [3.05, 3.63) is 57.0 Å². The zero-order chi connectivity index (χ0) is 19.1. The van der Waals surface area contributed by atoms with Gasteiger partial charge in [-0.15, -0.1) is 0 Å². The van der Waals surface area contributed by atoms with E-state index in [1.54, 1.807) is 6.92 Å². The SMILES string of the molecule is CCOc1cc(CNC(C)C(=O)O)cc(Br)c1OCc1ccccc1Cl. The molecule has 1 atom stereocenters. The summed E-state index contributed by atoms with van der Waals surface area (Å²) in [5.41, 5.74) is 1.77. The van der Waals surface area contributed by atoms with Gasteiger partial charge in [0.05, 0.1) is 11.1 Å². The lowest BCUT2D eigenvalue weighted by molar-refractivity contribution is -0.139. The van der Waals surface area contributed by atoms with Crippen LogP contribution in [-0.2, 0) is 17.9 Å². The molecule has 0 amide bonds. The third-order valence-corrected chi connectivity index (χ3v) is 4.64. The molecule has 2 aromatic rings. The number of nitrogens with one attached hydrogen (secondary N) is 1. The van der Waals surface area contributed by atoms with E-state index in [0.717, 1.165) is 15.6 Å². The standard InChI is InChI=1S/C19H21BrClNO4/c1-3-25-17-9-13(10-22-12(2)19(23)24)8-15(20)18(17)26-11-14-6-4-5-7-16(14)21/h4-9,12,22H,3,10-11H2,1-2H3,(H,23,24). The molecule has 2 N–H and O–H groups in total. The Kier molecular flexibility index (Phi) is 7.75. The zero-order valence-corrected chi connectivity index (χ0v) is 16.9. The van der Waals surface area contributed by atoms with E-state index in [1.807, 2.05) is 43.3 Å². The second-order valence-corrected chi connectivity index (χ2v) is 6.92. The van der Waals surface area contributed by atoms with Crippen LogP contribution < -0.4 is 14.8 Å². The Hall–Kier alpha value is -1.76. The van der Waals surface area contributed by atoms with Gasteiger partial charge in [-0.3, -0.25) is 4.79 Å². The number of carbonyl (C=O) groups is 1. The molecule has 140 valence electrons. The van der Waals surface area contributed by atoms with E-state index in [4.69, 9.17) is 26.2 Å². The van der Waals surface area contributed by atoms with Gasteiger partial charge in [-0.1, -0.05) is 29.8 Å². The summed E-state index contributed by atoms with van der Waals surface area (Å²) < 4.78 is 12.4. The van der Waals surface area contributed by atoms with Crippen LogP contribution in [-0.4, -0.2) is 23.7 Å². The van der Waals surface area contributed by atoms with Crippen LogP contribution in [0.2, 0.25) is 5.02 Å². The molecule has 5 nitrogen and oxygen atoms in total. The van der Waals surface area contributed by atoms with Gasteiger partial charge in [-0.05, 0) is 53.5 Å². The first-order chi connectivity index (χ1) is 12.4. The topological polar surface area (TPSA) is 67.8 Å². The second kappa shape index (κ2) is 9.80. The van der Waals surface area contributed by atoms with Gasteiger partial charge >= 0.3 is 5.97 Å². The summed E-state index contributed by atoms with van der Waals surface area (Å²) in [6.45, 7) is 4.69. The van der Waals surface area contributed by atoms with Crippen molar-refractivity contribution in [2.75, 3.05) is 6.61 Å². The highest BCUT2D eigenvalue weighted by molar-refractivity contribution is 9.10. The average Bonchev–Trinajstić information content (AvgIpc) is 2.60. The molecule has 0 heterocycles. The van der Waals surface area contributed by atoms with E-state index in [-0.39, 0.29) is 0 Å². The van der Waals surface area contributed by atoms with Crippen molar-refractivity contribution in [2.24, 2.45) is 0 Å². The third-order valence-electron chi connectivity index (χ3n) is 3.68. The molecule has 0 aliphatic carbocycles. The van der Waals surface area contributed by atoms with Crippen molar-refractivity contribution >= 4 is 33.5 Å². The van der Waals surface area contributed by atoms with E-state index in [9.17, 15) is 4.79 Å². The maximum absolute atomic E-state index is 10.9. The number of carboxylic acid groups (broad SMARTS) is 1. The first-order valence-electron chi connectivity index (χ1n) is 8.20. The van der Waals surface area contributed by atoms with Crippen LogP contribution in [0.5, 0.6) is 11.5 Å². The highest BCUT2D eigenvalue weighted by Crippen LogP contribution is 2.37. The van der Waals surface area contributed by atoms with Crippen molar-refractivity contribution in [1.29, 1.82) is 0 Å². The minimum absolute atomic E-state index is 0.312. The van der Waals surface area contributed by atoms with E-state index >= 15 is 0 Å². The highest BCUT2D eigenvalue weighted by atomic mass is 79.9. The van der Waals surface area contributed by atoms with Gasteiger partial charge in [0, 0.05) is 17.1 Å². The molecule has 0 aromatic heterocycles. The quantitative estimate of drug-likeness (QED) is 0.592. The van der Waals surface area contributed by atoms with Crippen molar-refractivity contribution in [3.63, 3.8) is 0 Å². The van der Waals surface area contributed by atoms with Crippen LogP contribution in [0.3, 0.4) is 0 Å². The first-order valence-corrected chi connectivity index (χ1v) is 9.37. The average molecular weight is 443 g/mol. The number of aliphatic carboxylic acids is 1. The Morgan fingerprint density at radius 3 is 2.69 bits per heavy atom. The fourth-order valence-corrected chi connectivity index (χ4v) is 3.04. The number of halogens is 2. The summed E-state index contributed by atoms with van der Waals surface area (Å²) in [6, 6.07) is 10.6. The molecule has 0 aliphatic rings. The summed E-state index contributed by atoms with van der Waals surface area (Å²) in [5.74, 6) is 0.282. The molecule has 0 fully saturated rings. The Bertz CT molecular complexity index is 769. The predicted octanol–water partition coefficient (Wildman–Crippen LogP) is 4.64. The van der Waals surface area contributed by atoms with Crippen molar-refractivity contribution < 1.29 is 19.4 Å². The number of carboxylic acids is 1. The lowest BCUT2D eigenvalue weighted by Gasteiger charge is -2.17. The molecular weight excluding hydrogens is 422 g/mol. The smallest absolute Gasteiger partial charge is 0.320 e. The minimum Gasteiger partial charge on any atom is -0.490 e. The maximum Gasteiger partial charge on any atom is 0.320 e. The Morgan fingerprint density at radius 1 is 1.31 bits per heavy atom. The molecule has 1 unspecified atom stereocenters. The van der Waals surface area contributed by atoms with Crippen LogP contribution in [0, 0.1) is 0 Å². The largest absolute Gasteiger partial charge is 0.490 e. The second-order valence-electron chi connectivity index (χ2n) is 5.66. The molecule has 2 rings (SSSR count). The number of ether oxygens (including phenoxy) is 2. The van der Waals surface area contributed by atoms with Gasteiger partial charge in [-0.25, -0.2) is 0 Å². The van der Waals surface area contributed by atoms with Crippen LogP contribution >= 0.6 is 27.5 Å². The summed E-state index contributed by atoms with van der Waals surface area (Å²) in [5, 5.41) is 12.6. The van der Waals surface area contributed by atoms with Crippen LogP contribution in [0.1, 0.15) is 25.0 Å². The van der Waals surface area contributed by atoms with Gasteiger partial charge in [-0.2, -0.15) is 0 Å². The Labute approximate surface area is 166 Å². The van der Waals surface area contributed by atoms with Crippen LogP contribution in [0.15, 0.2) is 40.9 Å². The van der Waals surface area contributed by atoms with E-state index in [0.29, 0.717) is 36.3 Å². The van der Waals surface area contributed by atoms with Gasteiger partial charge in [0.15, 0.2) is 11.5 Å². The number of rotatable bonds is 9. The van der Waals surface area contributed by atoms with Crippen molar-refractivity contribution in [2.45, 2.75) is 33.0 Å². The predicted molar refractivity (Wildman–Crippen MR) is 105 cm³/mol. The molecule has 0 saturated carbocycles. The summed E-state index contributed by atoms with van der Waals surface area (Å²) in [7, 11) is 0. The molecule has 2 aromatic carbocycles. The van der Waals surface area contributed by atoms with E-state index < -0.39 is 12.0 Å². The van der Waals surface area contributed by atoms with E-state index in [2.05, 4.69) is 21.2 Å². The number of hydrogen-bond acceptors (Lipinski definition) is 4. The molecular formula is C19H21BrClNO4. The molecule has 0 spiro atoms. The lowest BCUT2D eigenvalue weighted by Crippen LogP contribution is -2.33. The molecule has 26 heavy (non-hydrogen) atoms. The van der Waals surface area contributed by atoms with Crippen molar-refractivity contribution in [3.8, 4) is 11.5 Å². The monoisotopic (exact) mass is 441 g/mol. The minimum atomic E-state index is -0.895. The summed E-state index contributed by atoms with van der Waals surface area (Å²) in [6.07, 6.45) is 0. The normalized spacial score (nSPS) is 11.8. The molecule has 0 bridgehead atoms. The first kappa shape index (κ1) is 20.6. The lowest BCUT2D eigenvalue weighted by atomic mass is 10.2. The van der Waals surface area contributed by atoms with Crippen LogP contribution in [0.4, 0.5) is 0 Å². The molecule has 0 radical (unpaired) electrons. The number of hydrogen-bond donors (Lipinski definition) is 2. The fourth-order valence-electron chi connectivity index (χ4n) is 2.25. The van der Waals surface area contributed by atoms with Crippen molar-refractivity contribution in [1.82, 2.24) is 5.32 Å². The maximum atomic E-state index is 10.9. The zero-order valence-electron chi connectivity index (χ0n) is 14.6. The highest BCUT2D eigenvalue weighted by Gasteiger charge is 2.15. The Balaban J connectivity index is 2.17. The third kappa shape index (κ3) is 5.62. The van der Waals surface area contributed by atoms with Gasteiger partial charge in [0.1, 0.15) is 12.6 Å².